The molecule has 3 rings (SSSR count). The zero-order valence-electron chi connectivity index (χ0n) is 16.8. The Hall–Kier alpha value is -2.51. The zero-order valence-corrected chi connectivity index (χ0v) is 18.4. The van der Waals surface area contributed by atoms with E-state index < -0.39 is 0 Å². The van der Waals surface area contributed by atoms with Crippen molar-refractivity contribution in [1.82, 2.24) is 14.8 Å². The van der Waals surface area contributed by atoms with Gasteiger partial charge in [-0.05, 0) is 55.7 Å². The van der Waals surface area contributed by atoms with Crippen LogP contribution < -0.4 is 10.1 Å². The average Bonchev–Trinajstić information content (AvgIpc) is 3.04. The number of hydrogen-bond acceptors (Lipinski definition) is 5. The Kier molecular flexibility index (Phi) is 6.82. The highest BCUT2D eigenvalue weighted by atomic mass is 35.5. The number of nitrogens with one attached hydrogen (secondary N) is 1. The molecule has 1 aromatic heterocycles. The second-order valence-electron chi connectivity index (χ2n) is 6.76. The predicted molar refractivity (Wildman–Crippen MR) is 117 cm³/mol. The van der Waals surface area contributed by atoms with Gasteiger partial charge < -0.3 is 14.6 Å². The summed E-state index contributed by atoms with van der Waals surface area (Å²) in [6.07, 6.45) is 0. The number of aryl methyl sites for hydroxylation is 3. The summed E-state index contributed by atoms with van der Waals surface area (Å²) in [5.74, 6) is 1.56. The Morgan fingerprint density at radius 3 is 2.55 bits per heavy atom. The fraction of sp³-hybridized carbons (Fsp3) is 0.286. The van der Waals surface area contributed by atoms with Gasteiger partial charge in [0.2, 0.25) is 5.91 Å². The number of para-hydroxylation sites is 1. The first kappa shape index (κ1) is 21.2. The summed E-state index contributed by atoms with van der Waals surface area (Å²) < 4.78 is 7.62. The number of amides is 1. The minimum atomic E-state index is -0.0789. The van der Waals surface area contributed by atoms with E-state index in [0.717, 1.165) is 28.1 Å². The van der Waals surface area contributed by atoms with E-state index in [0.29, 0.717) is 16.0 Å². The minimum absolute atomic E-state index is 0.0789. The van der Waals surface area contributed by atoms with Gasteiger partial charge in [-0.3, -0.25) is 4.79 Å². The van der Waals surface area contributed by atoms with E-state index in [1.54, 1.807) is 6.07 Å². The normalized spacial score (nSPS) is 10.8. The van der Waals surface area contributed by atoms with Crippen molar-refractivity contribution >= 4 is 35.0 Å². The molecule has 0 unspecified atom stereocenters. The van der Waals surface area contributed by atoms with Gasteiger partial charge in [-0.2, -0.15) is 0 Å². The third-order valence-corrected chi connectivity index (χ3v) is 5.94. The van der Waals surface area contributed by atoms with E-state index in [1.165, 1.54) is 11.8 Å². The minimum Gasteiger partial charge on any atom is -0.486 e. The van der Waals surface area contributed by atoms with Crippen LogP contribution in [-0.4, -0.2) is 26.4 Å². The lowest BCUT2D eigenvalue weighted by atomic mass is 10.1. The van der Waals surface area contributed by atoms with E-state index in [-0.39, 0.29) is 18.3 Å². The molecule has 0 saturated carbocycles. The van der Waals surface area contributed by atoms with Gasteiger partial charge >= 0.3 is 0 Å². The Bertz CT molecular complexity index is 1020. The van der Waals surface area contributed by atoms with Crippen molar-refractivity contribution in [3.63, 3.8) is 0 Å². The van der Waals surface area contributed by atoms with Gasteiger partial charge in [0.25, 0.3) is 0 Å². The molecule has 0 aliphatic heterocycles. The van der Waals surface area contributed by atoms with Gasteiger partial charge in [0.05, 0.1) is 5.75 Å². The standard InChI is InChI=1S/C21H23ClN4O2S/c1-13-6-5-7-14(2)20(13)23-19(27)12-29-21-25-24-18(26(21)4)11-28-16-8-9-17(22)15(3)10-16/h5-10H,11-12H2,1-4H3,(H,23,27). The first-order chi connectivity index (χ1) is 13.8. The van der Waals surface area contributed by atoms with E-state index in [4.69, 9.17) is 16.3 Å². The SMILES string of the molecule is Cc1cc(OCc2nnc(SCC(=O)Nc3c(C)cccc3C)n2C)ccc1Cl. The van der Waals surface area contributed by atoms with Crippen molar-refractivity contribution in [3.05, 3.63) is 63.9 Å². The number of thioether (sulfide) groups is 1. The van der Waals surface area contributed by atoms with Crippen molar-refractivity contribution in [2.24, 2.45) is 7.05 Å². The molecule has 0 radical (unpaired) electrons. The first-order valence-electron chi connectivity index (χ1n) is 9.11. The molecule has 1 N–H and O–H groups in total. The average molecular weight is 431 g/mol. The fourth-order valence-corrected chi connectivity index (χ4v) is 3.62. The number of rotatable bonds is 7. The molecule has 0 saturated heterocycles. The number of anilines is 1. The second-order valence-corrected chi connectivity index (χ2v) is 8.11. The molecule has 0 atom stereocenters. The number of aromatic nitrogens is 3. The van der Waals surface area contributed by atoms with Crippen LogP contribution in [0.15, 0.2) is 41.6 Å². The molecule has 0 spiro atoms. The Labute approximate surface area is 179 Å². The van der Waals surface area contributed by atoms with E-state index in [9.17, 15) is 4.79 Å². The Morgan fingerprint density at radius 1 is 1.14 bits per heavy atom. The van der Waals surface area contributed by atoms with Crippen molar-refractivity contribution in [1.29, 1.82) is 0 Å². The van der Waals surface area contributed by atoms with Crippen LogP contribution in [0.3, 0.4) is 0 Å². The largest absolute Gasteiger partial charge is 0.486 e. The molecule has 8 heteroatoms. The predicted octanol–water partition coefficient (Wildman–Crippen LogP) is 4.70. The number of hydrogen-bond donors (Lipinski definition) is 1. The quantitative estimate of drug-likeness (QED) is 0.550. The van der Waals surface area contributed by atoms with Gasteiger partial charge in [0.1, 0.15) is 12.4 Å². The fourth-order valence-electron chi connectivity index (χ4n) is 2.77. The lowest BCUT2D eigenvalue weighted by molar-refractivity contribution is -0.113. The molecule has 0 fully saturated rings. The molecule has 1 heterocycles. The molecule has 29 heavy (non-hydrogen) atoms. The van der Waals surface area contributed by atoms with Crippen LogP contribution in [0.5, 0.6) is 5.75 Å². The molecule has 1 amide bonds. The maximum Gasteiger partial charge on any atom is 0.234 e. The van der Waals surface area contributed by atoms with Crippen molar-refractivity contribution in [3.8, 4) is 5.75 Å². The maximum atomic E-state index is 12.4. The Balaban J connectivity index is 1.56. The number of carbonyl (C=O) groups excluding carboxylic acids is 1. The highest BCUT2D eigenvalue weighted by Crippen LogP contribution is 2.23. The first-order valence-corrected chi connectivity index (χ1v) is 10.5. The number of nitrogens with zero attached hydrogens (tertiary/aromatic N) is 3. The van der Waals surface area contributed by atoms with E-state index in [1.807, 2.05) is 62.7 Å². The van der Waals surface area contributed by atoms with Gasteiger partial charge in [-0.25, -0.2) is 0 Å². The smallest absolute Gasteiger partial charge is 0.234 e. The molecule has 6 nitrogen and oxygen atoms in total. The third-order valence-electron chi connectivity index (χ3n) is 4.50. The van der Waals surface area contributed by atoms with Crippen LogP contribution in [0.1, 0.15) is 22.5 Å². The maximum absolute atomic E-state index is 12.4. The van der Waals surface area contributed by atoms with Gasteiger partial charge in [-0.1, -0.05) is 41.6 Å². The van der Waals surface area contributed by atoms with Gasteiger partial charge in [0.15, 0.2) is 11.0 Å². The lowest BCUT2D eigenvalue weighted by Gasteiger charge is -2.11. The highest BCUT2D eigenvalue weighted by molar-refractivity contribution is 7.99. The monoisotopic (exact) mass is 430 g/mol. The van der Waals surface area contributed by atoms with Crippen LogP contribution in [0.2, 0.25) is 5.02 Å². The zero-order chi connectivity index (χ0) is 21.0. The lowest BCUT2D eigenvalue weighted by Crippen LogP contribution is -2.16. The van der Waals surface area contributed by atoms with Crippen molar-refractivity contribution in [2.75, 3.05) is 11.1 Å². The summed E-state index contributed by atoms with van der Waals surface area (Å²) >= 11 is 7.37. The highest BCUT2D eigenvalue weighted by Gasteiger charge is 2.13. The number of carbonyl (C=O) groups is 1. The van der Waals surface area contributed by atoms with E-state index >= 15 is 0 Å². The molecule has 0 aliphatic rings. The van der Waals surface area contributed by atoms with Gasteiger partial charge in [-0.15, -0.1) is 10.2 Å². The van der Waals surface area contributed by atoms with Crippen LogP contribution in [0.4, 0.5) is 5.69 Å². The molecule has 2 aromatic carbocycles. The molecular formula is C21H23ClN4O2S. The topological polar surface area (TPSA) is 69.0 Å². The number of benzene rings is 2. The van der Waals surface area contributed by atoms with Crippen LogP contribution in [0, 0.1) is 20.8 Å². The summed E-state index contributed by atoms with van der Waals surface area (Å²) in [7, 11) is 1.86. The summed E-state index contributed by atoms with van der Waals surface area (Å²) in [6, 6.07) is 11.4. The van der Waals surface area contributed by atoms with Crippen molar-refractivity contribution < 1.29 is 9.53 Å². The van der Waals surface area contributed by atoms with Gasteiger partial charge in [0, 0.05) is 17.8 Å². The van der Waals surface area contributed by atoms with Crippen LogP contribution >= 0.6 is 23.4 Å². The Morgan fingerprint density at radius 2 is 1.86 bits per heavy atom. The molecule has 0 bridgehead atoms. The molecule has 152 valence electrons. The number of ether oxygens (including phenoxy) is 1. The summed E-state index contributed by atoms with van der Waals surface area (Å²) in [5.41, 5.74) is 3.90. The third kappa shape index (κ3) is 5.31. The molecule has 0 aliphatic carbocycles. The summed E-state index contributed by atoms with van der Waals surface area (Å²) in [5, 5.41) is 12.7. The second kappa shape index (κ2) is 9.33. The van der Waals surface area contributed by atoms with Crippen LogP contribution in [0.25, 0.3) is 0 Å². The summed E-state index contributed by atoms with van der Waals surface area (Å²) in [4.78, 5) is 12.4. The van der Waals surface area contributed by atoms with Crippen LogP contribution in [-0.2, 0) is 18.4 Å². The summed E-state index contributed by atoms with van der Waals surface area (Å²) in [6.45, 7) is 6.16. The number of halogens is 1. The van der Waals surface area contributed by atoms with Crippen molar-refractivity contribution in [2.45, 2.75) is 32.5 Å². The van der Waals surface area contributed by atoms with E-state index in [2.05, 4.69) is 15.5 Å². The molecular weight excluding hydrogens is 408 g/mol. The molecule has 3 aromatic rings.